The molecule has 1 aliphatic rings. The van der Waals surface area contributed by atoms with Crippen LogP contribution in [0.25, 0.3) is 17.3 Å². The summed E-state index contributed by atoms with van der Waals surface area (Å²) in [6.07, 6.45) is 1.67. The number of halogens is 1. The van der Waals surface area contributed by atoms with E-state index in [4.69, 9.17) is 9.73 Å². The number of H-pyrrole nitrogens is 1. The minimum absolute atomic E-state index is 0.336. The predicted octanol–water partition coefficient (Wildman–Crippen LogP) is 4.76. The van der Waals surface area contributed by atoms with Crippen molar-refractivity contribution < 1.29 is 9.13 Å². The normalized spacial score (nSPS) is 15.1. The molecule has 0 unspecified atom stereocenters. The highest BCUT2D eigenvalue weighted by atomic mass is 19.1. The Morgan fingerprint density at radius 2 is 1.88 bits per heavy atom. The quantitative estimate of drug-likeness (QED) is 0.570. The maximum absolute atomic E-state index is 14.6. The van der Waals surface area contributed by atoms with Crippen LogP contribution in [-0.4, -0.2) is 61.1 Å². The van der Waals surface area contributed by atoms with Crippen molar-refractivity contribution in [3.63, 3.8) is 0 Å². The number of aromatic amines is 1. The Hall–Kier alpha value is -3.45. The fourth-order valence-corrected chi connectivity index (χ4v) is 3.95. The monoisotopic (exact) mass is 433 g/mol. The van der Waals surface area contributed by atoms with Gasteiger partial charge in [-0.15, -0.1) is 0 Å². The van der Waals surface area contributed by atoms with Crippen LogP contribution in [0, 0.1) is 5.82 Å². The van der Waals surface area contributed by atoms with Gasteiger partial charge in [-0.3, -0.25) is 5.10 Å². The molecular weight excluding hydrogens is 405 g/mol. The molecule has 0 saturated carbocycles. The van der Waals surface area contributed by atoms with Crippen LogP contribution in [0.4, 0.5) is 15.8 Å². The molecule has 0 bridgehead atoms. The Balaban J connectivity index is 1.69. The third-order valence-corrected chi connectivity index (χ3v) is 5.82. The molecule has 0 radical (unpaired) electrons. The maximum Gasteiger partial charge on any atom is 0.135 e. The van der Waals surface area contributed by atoms with Gasteiger partial charge in [0, 0.05) is 37.4 Å². The van der Waals surface area contributed by atoms with Crippen molar-refractivity contribution in [2.75, 3.05) is 45.2 Å². The molecule has 2 aromatic carbocycles. The minimum atomic E-state index is -0.382. The van der Waals surface area contributed by atoms with Gasteiger partial charge in [0.1, 0.15) is 22.9 Å². The largest absolute Gasteiger partial charge is 0.496 e. The second-order valence-corrected chi connectivity index (χ2v) is 7.89. The van der Waals surface area contributed by atoms with E-state index >= 15 is 0 Å². The highest BCUT2D eigenvalue weighted by Gasteiger charge is 2.18. The molecule has 166 valence electrons. The van der Waals surface area contributed by atoms with Gasteiger partial charge < -0.3 is 14.5 Å². The van der Waals surface area contributed by atoms with Gasteiger partial charge in [0.05, 0.1) is 24.1 Å². The van der Waals surface area contributed by atoms with Crippen molar-refractivity contribution in [2.24, 2.45) is 4.99 Å². The van der Waals surface area contributed by atoms with Crippen molar-refractivity contribution in [2.45, 2.75) is 6.92 Å². The van der Waals surface area contributed by atoms with Gasteiger partial charge in [-0.2, -0.15) is 5.10 Å². The van der Waals surface area contributed by atoms with E-state index in [1.165, 1.54) is 18.9 Å². The standard InChI is InChI=1S/C25H28FN5O/c1-5-21-25(27-17(2)23-20(26)7-6-8-22(23)32-4)24(29-28-21)18-9-11-19(12-10-18)31-15-13-30(3)14-16-31/h5-12H,1,13-16H2,2-4H3,(H,28,29). The van der Waals surface area contributed by atoms with Crippen molar-refractivity contribution in [1.29, 1.82) is 0 Å². The Labute approximate surface area is 188 Å². The molecular formula is C25H28FN5O. The van der Waals surface area contributed by atoms with E-state index in [2.05, 4.69) is 57.9 Å². The summed E-state index contributed by atoms with van der Waals surface area (Å²) in [5.74, 6) is 0.0558. The van der Waals surface area contributed by atoms with Gasteiger partial charge in [-0.25, -0.2) is 9.38 Å². The summed E-state index contributed by atoms with van der Waals surface area (Å²) in [4.78, 5) is 9.46. The third-order valence-electron chi connectivity index (χ3n) is 5.82. The molecule has 3 aromatic rings. The first-order valence-electron chi connectivity index (χ1n) is 10.6. The number of hydrogen-bond donors (Lipinski definition) is 1. The molecule has 0 spiro atoms. The Bertz CT molecular complexity index is 1130. The van der Waals surface area contributed by atoms with Crippen LogP contribution >= 0.6 is 0 Å². The molecule has 1 aliphatic heterocycles. The first-order chi connectivity index (χ1) is 15.5. The fourth-order valence-electron chi connectivity index (χ4n) is 3.95. The first-order valence-corrected chi connectivity index (χ1v) is 10.6. The number of piperazine rings is 1. The SMILES string of the molecule is C=Cc1[nH]nc(-c2ccc(N3CCN(C)CC3)cc2)c1N=C(C)c1c(F)cccc1OC. The zero-order valence-corrected chi connectivity index (χ0v) is 18.7. The molecule has 0 atom stereocenters. The van der Waals surface area contributed by atoms with Crippen LogP contribution < -0.4 is 9.64 Å². The van der Waals surface area contributed by atoms with E-state index < -0.39 is 0 Å². The number of rotatable bonds is 6. The first kappa shape index (κ1) is 21.8. The number of likely N-dealkylation sites (N-methyl/N-ethyl adjacent to an activating group) is 1. The Morgan fingerprint density at radius 1 is 1.16 bits per heavy atom. The molecule has 6 nitrogen and oxygen atoms in total. The Morgan fingerprint density at radius 3 is 2.53 bits per heavy atom. The average molecular weight is 434 g/mol. The number of ether oxygens (including phenoxy) is 1. The van der Waals surface area contributed by atoms with E-state index in [0.29, 0.717) is 34.1 Å². The molecule has 1 fully saturated rings. The number of aromatic nitrogens is 2. The molecule has 7 heteroatoms. The third kappa shape index (κ3) is 4.29. The number of hydrogen-bond acceptors (Lipinski definition) is 5. The number of benzene rings is 2. The fraction of sp³-hybridized carbons (Fsp3) is 0.280. The van der Waals surface area contributed by atoms with Crippen molar-refractivity contribution >= 4 is 23.2 Å². The van der Waals surface area contributed by atoms with Crippen molar-refractivity contribution in [3.8, 4) is 17.0 Å². The van der Waals surface area contributed by atoms with Crippen molar-refractivity contribution in [1.82, 2.24) is 15.1 Å². The van der Waals surface area contributed by atoms with E-state index in [0.717, 1.165) is 31.7 Å². The van der Waals surface area contributed by atoms with Gasteiger partial charge in [-0.05, 0) is 44.3 Å². The molecule has 32 heavy (non-hydrogen) atoms. The molecule has 4 rings (SSSR count). The zero-order valence-electron chi connectivity index (χ0n) is 18.7. The molecule has 1 N–H and O–H groups in total. The van der Waals surface area contributed by atoms with Crippen LogP contribution in [0.1, 0.15) is 18.2 Å². The highest BCUT2D eigenvalue weighted by molar-refractivity contribution is 6.04. The van der Waals surface area contributed by atoms with E-state index in [1.54, 1.807) is 25.1 Å². The Kier molecular flexibility index (Phi) is 6.37. The second kappa shape index (κ2) is 9.36. The number of nitrogens with one attached hydrogen (secondary N) is 1. The summed E-state index contributed by atoms with van der Waals surface area (Å²) >= 11 is 0. The van der Waals surface area contributed by atoms with Crippen LogP contribution in [0.5, 0.6) is 5.75 Å². The molecule has 2 heterocycles. The van der Waals surface area contributed by atoms with E-state index in [9.17, 15) is 4.39 Å². The van der Waals surface area contributed by atoms with Gasteiger partial charge in [0.2, 0.25) is 0 Å². The molecule has 0 amide bonds. The zero-order chi connectivity index (χ0) is 22.7. The van der Waals surface area contributed by atoms with Crippen LogP contribution in [-0.2, 0) is 0 Å². The van der Waals surface area contributed by atoms with Gasteiger partial charge in [-0.1, -0.05) is 24.8 Å². The minimum Gasteiger partial charge on any atom is -0.496 e. The number of nitrogens with zero attached hydrogens (tertiary/aromatic N) is 4. The smallest absolute Gasteiger partial charge is 0.135 e. The summed E-state index contributed by atoms with van der Waals surface area (Å²) in [6, 6.07) is 13.1. The maximum atomic E-state index is 14.6. The average Bonchev–Trinajstić information content (AvgIpc) is 3.21. The second-order valence-electron chi connectivity index (χ2n) is 7.89. The lowest BCUT2D eigenvalue weighted by Crippen LogP contribution is -2.44. The summed E-state index contributed by atoms with van der Waals surface area (Å²) in [6.45, 7) is 9.76. The number of aliphatic imine (C=N–C) groups is 1. The van der Waals surface area contributed by atoms with E-state index in [-0.39, 0.29) is 5.82 Å². The van der Waals surface area contributed by atoms with Gasteiger partial charge in [0.25, 0.3) is 0 Å². The summed E-state index contributed by atoms with van der Waals surface area (Å²) in [5, 5.41) is 7.46. The summed E-state index contributed by atoms with van der Waals surface area (Å²) < 4.78 is 19.9. The van der Waals surface area contributed by atoms with Crippen LogP contribution in [0.3, 0.4) is 0 Å². The molecule has 0 aliphatic carbocycles. The molecule has 1 aromatic heterocycles. The van der Waals surface area contributed by atoms with Crippen molar-refractivity contribution in [3.05, 3.63) is 66.1 Å². The van der Waals surface area contributed by atoms with Gasteiger partial charge in [0.15, 0.2) is 0 Å². The van der Waals surface area contributed by atoms with Crippen LogP contribution in [0.15, 0.2) is 54.0 Å². The summed E-state index contributed by atoms with van der Waals surface area (Å²) in [7, 11) is 3.67. The number of anilines is 1. The lowest BCUT2D eigenvalue weighted by atomic mass is 10.1. The highest BCUT2D eigenvalue weighted by Crippen LogP contribution is 2.34. The van der Waals surface area contributed by atoms with Gasteiger partial charge >= 0.3 is 0 Å². The lowest BCUT2D eigenvalue weighted by Gasteiger charge is -2.34. The predicted molar refractivity (Wildman–Crippen MR) is 129 cm³/mol. The lowest BCUT2D eigenvalue weighted by molar-refractivity contribution is 0.313. The van der Waals surface area contributed by atoms with Crippen LogP contribution in [0.2, 0.25) is 0 Å². The van der Waals surface area contributed by atoms with E-state index in [1.807, 2.05) is 0 Å². The number of methoxy groups -OCH3 is 1. The summed E-state index contributed by atoms with van der Waals surface area (Å²) in [5.41, 5.74) is 4.95. The molecule has 1 saturated heterocycles. The topological polar surface area (TPSA) is 56.8 Å².